The summed E-state index contributed by atoms with van der Waals surface area (Å²) >= 11 is 0. The molecule has 0 bridgehead atoms. The second kappa shape index (κ2) is 13.8. The van der Waals surface area contributed by atoms with Crippen LogP contribution in [0.1, 0.15) is 79.1 Å². The first kappa shape index (κ1) is 19.8. The van der Waals surface area contributed by atoms with Crippen molar-refractivity contribution in [3.8, 4) is 0 Å². The molecule has 0 N–H and O–H groups in total. The third-order valence-corrected chi connectivity index (χ3v) is 3.09. The largest absolute Gasteiger partial charge is 0.508 e. The standard InChI is InChI=1S/C18H32O3/c1-5-7-9-12-17(13-10-8-6-2)14-11-15-20-18(19)21-16(3)4/h11,16H,5-10,12-13,15H2,1-4H3. The molecule has 0 fully saturated rings. The van der Waals surface area contributed by atoms with Crippen LogP contribution in [0.25, 0.3) is 0 Å². The molecule has 3 nitrogen and oxygen atoms in total. The highest BCUT2D eigenvalue weighted by Crippen LogP contribution is 2.15. The van der Waals surface area contributed by atoms with Crippen molar-refractivity contribution in [1.29, 1.82) is 0 Å². The van der Waals surface area contributed by atoms with Crippen LogP contribution in [-0.4, -0.2) is 18.9 Å². The predicted octanol–water partition coefficient (Wildman–Crippen LogP) is 5.79. The molecule has 0 aromatic rings. The smallest absolute Gasteiger partial charge is 0.432 e. The van der Waals surface area contributed by atoms with E-state index in [-0.39, 0.29) is 12.7 Å². The highest BCUT2D eigenvalue weighted by atomic mass is 16.7. The zero-order valence-electron chi connectivity index (χ0n) is 14.2. The molecule has 0 aliphatic carbocycles. The molecule has 0 radical (unpaired) electrons. The van der Waals surface area contributed by atoms with Crippen molar-refractivity contribution in [3.63, 3.8) is 0 Å². The van der Waals surface area contributed by atoms with Gasteiger partial charge < -0.3 is 9.47 Å². The minimum atomic E-state index is -0.610. The highest BCUT2D eigenvalue weighted by molar-refractivity contribution is 5.60. The molecular formula is C18H32O3. The van der Waals surface area contributed by atoms with E-state index in [1.807, 2.05) is 0 Å². The van der Waals surface area contributed by atoms with Gasteiger partial charge in [0.05, 0.1) is 6.10 Å². The lowest BCUT2D eigenvalue weighted by atomic mass is 10.0. The predicted molar refractivity (Wildman–Crippen MR) is 87.4 cm³/mol. The van der Waals surface area contributed by atoms with E-state index < -0.39 is 6.16 Å². The van der Waals surface area contributed by atoms with Gasteiger partial charge in [0.15, 0.2) is 0 Å². The Morgan fingerprint density at radius 1 is 1.05 bits per heavy atom. The van der Waals surface area contributed by atoms with Gasteiger partial charge in [-0.3, -0.25) is 0 Å². The van der Waals surface area contributed by atoms with Crippen LogP contribution in [0.3, 0.4) is 0 Å². The number of hydrogen-bond acceptors (Lipinski definition) is 3. The summed E-state index contributed by atoms with van der Waals surface area (Å²) in [6.07, 6.45) is 10.7. The lowest BCUT2D eigenvalue weighted by Gasteiger charge is -2.06. The van der Waals surface area contributed by atoms with E-state index in [4.69, 9.17) is 9.47 Å². The van der Waals surface area contributed by atoms with Gasteiger partial charge in [0.1, 0.15) is 6.61 Å². The minimum Gasteiger partial charge on any atom is -0.432 e. The quantitative estimate of drug-likeness (QED) is 0.275. The van der Waals surface area contributed by atoms with E-state index in [9.17, 15) is 4.79 Å². The number of unbranched alkanes of at least 4 members (excludes halogenated alkanes) is 4. The number of carbonyl (C=O) groups excluding carboxylic acids is 1. The minimum absolute atomic E-state index is 0.143. The summed E-state index contributed by atoms with van der Waals surface area (Å²) in [6.45, 7) is 8.26. The lowest BCUT2D eigenvalue weighted by Crippen LogP contribution is -2.12. The van der Waals surface area contributed by atoms with Crippen molar-refractivity contribution in [2.24, 2.45) is 0 Å². The molecule has 0 atom stereocenters. The Morgan fingerprint density at radius 2 is 1.62 bits per heavy atom. The maximum Gasteiger partial charge on any atom is 0.508 e. The van der Waals surface area contributed by atoms with Crippen molar-refractivity contribution in [2.45, 2.75) is 85.2 Å². The van der Waals surface area contributed by atoms with Crippen LogP contribution in [-0.2, 0) is 9.47 Å². The Hall–Kier alpha value is -1.21. The molecule has 0 aromatic heterocycles. The molecular weight excluding hydrogens is 264 g/mol. The van der Waals surface area contributed by atoms with Crippen molar-refractivity contribution in [2.75, 3.05) is 6.61 Å². The maximum atomic E-state index is 11.2. The third-order valence-electron chi connectivity index (χ3n) is 3.09. The van der Waals surface area contributed by atoms with Gasteiger partial charge in [-0.15, -0.1) is 5.73 Å². The third kappa shape index (κ3) is 13.5. The molecule has 0 saturated heterocycles. The van der Waals surface area contributed by atoms with Crippen molar-refractivity contribution in [1.82, 2.24) is 0 Å². The molecule has 0 spiro atoms. The van der Waals surface area contributed by atoms with Crippen molar-refractivity contribution >= 4 is 6.16 Å². The molecule has 3 heteroatoms. The van der Waals surface area contributed by atoms with Crippen molar-refractivity contribution < 1.29 is 14.3 Å². The van der Waals surface area contributed by atoms with Crippen LogP contribution in [0.2, 0.25) is 0 Å². The Morgan fingerprint density at radius 3 is 2.10 bits per heavy atom. The number of rotatable bonds is 11. The summed E-state index contributed by atoms with van der Waals surface area (Å²) in [5.74, 6) is 0. The van der Waals surface area contributed by atoms with Gasteiger partial charge in [0, 0.05) is 0 Å². The molecule has 0 aromatic carbocycles. The summed E-state index contributed by atoms with van der Waals surface area (Å²) in [6, 6.07) is 0. The molecule has 0 aliphatic rings. The Labute approximate surface area is 130 Å². The lowest BCUT2D eigenvalue weighted by molar-refractivity contribution is 0.0414. The van der Waals surface area contributed by atoms with Crippen LogP contribution in [0.4, 0.5) is 4.79 Å². The molecule has 0 rings (SSSR count). The van der Waals surface area contributed by atoms with E-state index in [0.717, 1.165) is 12.8 Å². The zero-order valence-corrected chi connectivity index (χ0v) is 14.2. The Balaban J connectivity index is 4.22. The molecule has 0 heterocycles. The van der Waals surface area contributed by atoms with Crippen LogP contribution in [0.15, 0.2) is 17.4 Å². The Bertz CT molecular complexity index is 313. The van der Waals surface area contributed by atoms with Crippen LogP contribution in [0.5, 0.6) is 0 Å². The fourth-order valence-corrected chi connectivity index (χ4v) is 1.97. The van der Waals surface area contributed by atoms with E-state index in [1.165, 1.54) is 44.1 Å². The van der Waals surface area contributed by atoms with E-state index in [0.29, 0.717) is 0 Å². The molecule has 0 aliphatic heterocycles. The summed E-state index contributed by atoms with van der Waals surface area (Å²) in [5.41, 5.74) is 4.65. The highest BCUT2D eigenvalue weighted by Gasteiger charge is 2.04. The summed E-state index contributed by atoms with van der Waals surface area (Å²) < 4.78 is 9.86. The summed E-state index contributed by atoms with van der Waals surface area (Å²) in [4.78, 5) is 11.2. The first-order chi connectivity index (χ1) is 10.1. The average Bonchev–Trinajstić information content (AvgIpc) is 2.42. The van der Waals surface area contributed by atoms with Crippen LogP contribution >= 0.6 is 0 Å². The average molecular weight is 296 g/mol. The first-order valence-electron chi connectivity index (χ1n) is 8.36. The fraction of sp³-hybridized carbons (Fsp3) is 0.778. The topological polar surface area (TPSA) is 35.5 Å². The molecule has 21 heavy (non-hydrogen) atoms. The second-order valence-electron chi connectivity index (χ2n) is 5.59. The Kier molecular flexibility index (Phi) is 13.0. The van der Waals surface area contributed by atoms with Crippen LogP contribution < -0.4 is 0 Å². The molecule has 0 amide bonds. The van der Waals surface area contributed by atoms with Gasteiger partial charge in [-0.2, -0.15) is 0 Å². The molecule has 0 saturated carbocycles. The van der Waals surface area contributed by atoms with Crippen LogP contribution in [0, 0.1) is 0 Å². The SMILES string of the molecule is CCCCCC(=C=CCOC(=O)OC(C)C)CCCCC. The van der Waals surface area contributed by atoms with Gasteiger partial charge in [-0.1, -0.05) is 39.5 Å². The zero-order chi connectivity index (χ0) is 15.9. The van der Waals surface area contributed by atoms with Crippen molar-refractivity contribution in [3.05, 3.63) is 17.4 Å². The van der Waals surface area contributed by atoms with E-state index in [1.54, 1.807) is 19.9 Å². The first-order valence-corrected chi connectivity index (χ1v) is 8.36. The molecule has 0 unspecified atom stereocenters. The van der Waals surface area contributed by atoms with Gasteiger partial charge in [0.25, 0.3) is 0 Å². The summed E-state index contributed by atoms with van der Waals surface area (Å²) in [7, 11) is 0. The number of ether oxygens (including phenoxy) is 2. The summed E-state index contributed by atoms with van der Waals surface area (Å²) in [5, 5.41) is 0. The van der Waals surface area contributed by atoms with Gasteiger partial charge >= 0.3 is 6.16 Å². The van der Waals surface area contributed by atoms with Gasteiger partial charge in [-0.05, 0) is 51.2 Å². The fourth-order valence-electron chi connectivity index (χ4n) is 1.97. The number of hydrogen-bond donors (Lipinski definition) is 0. The van der Waals surface area contributed by atoms with Gasteiger partial charge in [0.2, 0.25) is 0 Å². The number of carbonyl (C=O) groups is 1. The van der Waals surface area contributed by atoms with Gasteiger partial charge in [-0.25, -0.2) is 4.79 Å². The second-order valence-corrected chi connectivity index (χ2v) is 5.59. The molecule has 122 valence electrons. The normalized spacial score (nSPS) is 10.1. The monoisotopic (exact) mass is 296 g/mol. The van der Waals surface area contributed by atoms with E-state index in [2.05, 4.69) is 19.6 Å². The van der Waals surface area contributed by atoms with E-state index >= 15 is 0 Å². The maximum absolute atomic E-state index is 11.2.